The lowest BCUT2D eigenvalue weighted by molar-refractivity contribution is 0.0564. The SMILES string of the molecule is CN1CCC[C@@H]1c1cccnc1N(C(=O)OC(C)(C)C)C1CCCC1. The van der Waals surface area contributed by atoms with Gasteiger partial charge in [-0.3, -0.25) is 9.80 Å². The molecule has 1 amide bonds. The molecule has 0 unspecified atom stereocenters. The third-order valence-electron chi connectivity index (χ3n) is 5.20. The van der Waals surface area contributed by atoms with Gasteiger partial charge in [-0.15, -0.1) is 0 Å². The van der Waals surface area contributed by atoms with Gasteiger partial charge in [-0.1, -0.05) is 18.9 Å². The van der Waals surface area contributed by atoms with Gasteiger partial charge in [-0.25, -0.2) is 9.78 Å². The van der Waals surface area contributed by atoms with Crippen molar-refractivity contribution in [3.63, 3.8) is 0 Å². The van der Waals surface area contributed by atoms with Crippen LogP contribution in [0, 0.1) is 0 Å². The molecule has 1 aliphatic carbocycles. The lowest BCUT2D eigenvalue weighted by Gasteiger charge is -2.33. The first-order valence-electron chi connectivity index (χ1n) is 9.54. The summed E-state index contributed by atoms with van der Waals surface area (Å²) in [5, 5.41) is 0. The van der Waals surface area contributed by atoms with E-state index in [0.29, 0.717) is 6.04 Å². The van der Waals surface area contributed by atoms with E-state index in [4.69, 9.17) is 4.74 Å². The Morgan fingerprint density at radius 2 is 1.96 bits per heavy atom. The van der Waals surface area contributed by atoms with E-state index in [9.17, 15) is 4.79 Å². The van der Waals surface area contributed by atoms with Crippen molar-refractivity contribution in [2.24, 2.45) is 0 Å². The molecular weight excluding hydrogens is 314 g/mol. The zero-order valence-corrected chi connectivity index (χ0v) is 16.0. The molecule has 1 atom stereocenters. The van der Waals surface area contributed by atoms with Gasteiger partial charge in [-0.05, 0) is 66.1 Å². The van der Waals surface area contributed by atoms with Crippen LogP contribution in [0.3, 0.4) is 0 Å². The summed E-state index contributed by atoms with van der Waals surface area (Å²) >= 11 is 0. The number of hydrogen-bond acceptors (Lipinski definition) is 4. The molecule has 5 heteroatoms. The van der Waals surface area contributed by atoms with Crippen molar-refractivity contribution in [1.29, 1.82) is 0 Å². The smallest absolute Gasteiger partial charge is 0.416 e. The minimum Gasteiger partial charge on any atom is -0.443 e. The van der Waals surface area contributed by atoms with Gasteiger partial charge in [0.25, 0.3) is 0 Å². The second kappa shape index (κ2) is 7.32. The molecule has 1 aliphatic heterocycles. The number of anilines is 1. The van der Waals surface area contributed by atoms with Crippen molar-refractivity contribution in [2.45, 2.75) is 77.0 Å². The summed E-state index contributed by atoms with van der Waals surface area (Å²) in [4.78, 5) is 21.9. The molecule has 1 aromatic rings. The monoisotopic (exact) mass is 345 g/mol. The number of pyridine rings is 1. The summed E-state index contributed by atoms with van der Waals surface area (Å²) in [5.41, 5.74) is 0.646. The van der Waals surface area contributed by atoms with Crippen LogP contribution >= 0.6 is 0 Å². The van der Waals surface area contributed by atoms with Crippen molar-refractivity contribution >= 4 is 11.9 Å². The van der Waals surface area contributed by atoms with E-state index in [1.807, 2.05) is 31.7 Å². The highest BCUT2D eigenvalue weighted by molar-refractivity contribution is 5.88. The lowest BCUT2D eigenvalue weighted by atomic mass is 10.0. The molecule has 0 bridgehead atoms. The van der Waals surface area contributed by atoms with Gasteiger partial charge >= 0.3 is 6.09 Å². The average Bonchev–Trinajstić information content (AvgIpc) is 3.18. The highest BCUT2D eigenvalue weighted by Crippen LogP contribution is 2.38. The topological polar surface area (TPSA) is 45.7 Å². The molecule has 1 saturated carbocycles. The second-order valence-corrected chi connectivity index (χ2v) is 8.34. The Hall–Kier alpha value is -1.62. The summed E-state index contributed by atoms with van der Waals surface area (Å²) in [6.07, 6.45) is 8.20. The maximum absolute atomic E-state index is 13.0. The minimum atomic E-state index is -0.507. The average molecular weight is 345 g/mol. The summed E-state index contributed by atoms with van der Waals surface area (Å²) in [6, 6.07) is 4.62. The number of carbonyl (C=O) groups is 1. The van der Waals surface area contributed by atoms with Crippen molar-refractivity contribution in [3.05, 3.63) is 23.9 Å². The van der Waals surface area contributed by atoms with Gasteiger partial charge in [0.05, 0.1) is 0 Å². The molecule has 3 rings (SSSR count). The molecule has 1 saturated heterocycles. The highest BCUT2D eigenvalue weighted by atomic mass is 16.6. The zero-order valence-electron chi connectivity index (χ0n) is 16.0. The van der Waals surface area contributed by atoms with E-state index in [-0.39, 0.29) is 12.1 Å². The second-order valence-electron chi connectivity index (χ2n) is 8.34. The van der Waals surface area contributed by atoms with Gasteiger partial charge < -0.3 is 4.74 Å². The fraction of sp³-hybridized carbons (Fsp3) is 0.700. The van der Waals surface area contributed by atoms with E-state index in [2.05, 4.69) is 23.0 Å². The maximum atomic E-state index is 13.0. The van der Waals surface area contributed by atoms with Crippen molar-refractivity contribution in [2.75, 3.05) is 18.5 Å². The Balaban J connectivity index is 1.97. The van der Waals surface area contributed by atoms with Gasteiger partial charge in [0.1, 0.15) is 11.4 Å². The molecule has 138 valence electrons. The van der Waals surface area contributed by atoms with Crippen LogP contribution in [0.4, 0.5) is 10.6 Å². The summed E-state index contributed by atoms with van der Waals surface area (Å²) in [7, 11) is 2.15. The zero-order chi connectivity index (χ0) is 18.0. The molecule has 0 spiro atoms. The van der Waals surface area contributed by atoms with Gasteiger partial charge in [0.2, 0.25) is 0 Å². The maximum Gasteiger partial charge on any atom is 0.416 e. The van der Waals surface area contributed by atoms with Crippen LogP contribution in [0.5, 0.6) is 0 Å². The molecule has 0 radical (unpaired) electrons. The van der Waals surface area contributed by atoms with E-state index in [0.717, 1.165) is 50.0 Å². The Morgan fingerprint density at radius 3 is 2.56 bits per heavy atom. The van der Waals surface area contributed by atoms with E-state index in [1.54, 1.807) is 6.20 Å². The minimum absolute atomic E-state index is 0.190. The summed E-state index contributed by atoms with van der Waals surface area (Å²) in [6.45, 7) is 6.85. The van der Waals surface area contributed by atoms with E-state index in [1.165, 1.54) is 6.42 Å². The largest absolute Gasteiger partial charge is 0.443 e. The number of nitrogens with zero attached hydrogens (tertiary/aromatic N) is 3. The summed E-state index contributed by atoms with van der Waals surface area (Å²) < 4.78 is 5.74. The molecule has 5 nitrogen and oxygen atoms in total. The Kier molecular flexibility index (Phi) is 5.32. The molecule has 0 N–H and O–H groups in total. The van der Waals surface area contributed by atoms with Gasteiger partial charge in [0.15, 0.2) is 0 Å². The molecule has 1 aromatic heterocycles. The molecule has 25 heavy (non-hydrogen) atoms. The first-order valence-corrected chi connectivity index (χ1v) is 9.54. The fourth-order valence-corrected chi connectivity index (χ4v) is 4.06. The van der Waals surface area contributed by atoms with Gasteiger partial charge in [-0.2, -0.15) is 0 Å². The normalized spacial score (nSPS) is 22.3. The molecule has 2 aliphatic rings. The first-order chi connectivity index (χ1) is 11.9. The third kappa shape index (κ3) is 4.14. The van der Waals surface area contributed by atoms with Crippen LogP contribution in [0.2, 0.25) is 0 Å². The number of amides is 1. The third-order valence-corrected chi connectivity index (χ3v) is 5.20. The van der Waals surface area contributed by atoms with E-state index < -0.39 is 5.60 Å². The first kappa shape index (κ1) is 18.2. The Labute approximate surface area is 151 Å². The molecule has 2 fully saturated rings. The van der Waals surface area contributed by atoms with Crippen LogP contribution in [0.25, 0.3) is 0 Å². The Morgan fingerprint density at radius 1 is 1.24 bits per heavy atom. The standard InChI is InChI=1S/C20H31N3O2/c1-20(2,3)25-19(24)23(15-9-5-6-10-15)18-16(11-7-13-21-18)17-12-8-14-22(17)4/h7,11,13,15,17H,5-6,8-10,12,14H2,1-4H3/t17-/m1/s1. The Bertz CT molecular complexity index is 605. The molecule has 0 aromatic carbocycles. The molecule has 2 heterocycles. The van der Waals surface area contributed by atoms with Crippen molar-refractivity contribution in [3.8, 4) is 0 Å². The van der Waals surface area contributed by atoms with Crippen molar-refractivity contribution in [1.82, 2.24) is 9.88 Å². The lowest BCUT2D eigenvalue weighted by Crippen LogP contribution is -2.43. The summed E-state index contributed by atoms with van der Waals surface area (Å²) in [5.74, 6) is 0.794. The van der Waals surface area contributed by atoms with Crippen molar-refractivity contribution < 1.29 is 9.53 Å². The number of aromatic nitrogens is 1. The molecular formula is C20H31N3O2. The van der Waals surface area contributed by atoms with E-state index >= 15 is 0 Å². The van der Waals surface area contributed by atoms with Crippen LogP contribution < -0.4 is 4.90 Å². The number of hydrogen-bond donors (Lipinski definition) is 0. The number of ether oxygens (including phenoxy) is 1. The fourth-order valence-electron chi connectivity index (χ4n) is 4.06. The number of rotatable bonds is 3. The van der Waals surface area contributed by atoms with Crippen LogP contribution in [0.15, 0.2) is 18.3 Å². The number of likely N-dealkylation sites (tertiary alicyclic amines) is 1. The van der Waals surface area contributed by atoms with Crippen LogP contribution in [-0.4, -0.2) is 41.2 Å². The predicted molar refractivity (Wildman–Crippen MR) is 99.8 cm³/mol. The quantitative estimate of drug-likeness (QED) is 0.807. The predicted octanol–water partition coefficient (Wildman–Crippen LogP) is 4.53. The van der Waals surface area contributed by atoms with Gasteiger partial charge in [0, 0.05) is 23.8 Å². The highest BCUT2D eigenvalue weighted by Gasteiger charge is 2.36. The van der Waals surface area contributed by atoms with Crippen LogP contribution in [0.1, 0.15) is 70.9 Å². The number of carbonyl (C=O) groups excluding carboxylic acids is 1. The van der Waals surface area contributed by atoms with Crippen LogP contribution in [-0.2, 0) is 4.74 Å².